The zero-order chi connectivity index (χ0) is 22.7. The molecular weight excluding hydrogens is 399 g/mol. The van der Waals surface area contributed by atoms with Gasteiger partial charge in [0.05, 0.1) is 11.4 Å². The molecule has 4 rings (SSSR count). The first kappa shape index (κ1) is 21.4. The van der Waals surface area contributed by atoms with Crippen LogP contribution in [0.4, 0.5) is 10.1 Å². The molecule has 0 atom stereocenters. The number of hydrogen-bond acceptors (Lipinski definition) is 2. The van der Waals surface area contributed by atoms with Crippen LogP contribution in [0.5, 0.6) is 0 Å². The molecule has 0 unspecified atom stereocenters. The maximum Gasteiger partial charge on any atom is 0.255 e. The number of rotatable bonds is 4. The lowest BCUT2D eigenvalue weighted by Crippen LogP contribution is -2.14. The SMILES string of the molecule is CC(C)(C)c1ccc(C(=O)Nc2cccc(-c3cccc(-c4ccc(F)cc4)n3)c2)cc1. The van der Waals surface area contributed by atoms with Crippen LogP contribution in [0.1, 0.15) is 36.7 Å². The summed E-state index contributed by atoms with van der Waals surface area (Å²) >= 11 is 0. The summed E-state index contributed by atoms with van der Waals surface area (Å²) in [7, 11) is 0. The molecule has 1 aromatic heterocycles. The predicted molar refractivity (Wildman–Crippen MR) is 128 cm³/mol. The minimum Gasteiger partial charge on any atom is -0.322 e. The van der Waals surface area contributed by atoms with Crippen molar-refractivity contribution in [2.75, 3.05) is 5.32 Å². The van der Waals surface area contributed by atoms with Gasteiger partial charge in [0.25, 0.3) is 5.91 Å². The van der Waals surface area contributed by atoms with Gasteiger partial charge in [-0.25, -0.2) is 9.37 Å². The number of anilines is 1. The number of pyridine rings is 1. The molecule has 0 aliphatic carbocycles. The Morgan fingerprint density at radius 1 is 0.781 bits per heavy atom. The van der Waals surface area contributed by atoms with Crippen LogP contribution >= 0.6 is 0 Å². The first-order chi connectivity index (χ1) is 15.3. The topological polar surface area (TPSA) is 42.0 Å². The molecule has 0 saturated carbocycles. The Morgan fingerprint density at radius 3 is 2.06 bits per heavy atom. The largest absolute Gasteiger partial charge is 0.322 e. The molecule has 160 valence electrons. The first-order valence-electron chi connectivity index (χ1n) is 10.5. The first-order valence-corrected chi connectivity index (χ1v) is 10.5. The lowest BCUT2D eigenvalue weighted by molar-refractivity contribution is 0.102. The van der Waals surface area contributed by atoms with Gasteiger partial charge < -0.3 is 5.32 Å². The van der Waals surface area contributed by atoms with E-state index in [1.54, 1.807) is 12.1 Å². The van der Waals surface area contributed by atoms with Crippen molar-refractivity contribution in [1.29, 1.82) is 0 Å². The molecule has 1 N–H and O–H groups in total. The second kappa shape index (κ2) is 8.75. The van der Waals surface area contributed by atoms with Crippen LogP contribution in [-0.4, -0.2) is 10.9 Å². The van der Waals surface area contributed by atoms with Crippen LogP contribution in [0.3, 0.4) is 0 Å². The summed E-state index contributed by atoms with van der Waals surface area (Å²) in [5, 5.41) is 2.97. The number of nitrogens with one attached hydrogen (secondary N) is 1. The van der Waals surface area contributed by atoms with E-state index in [1.807, 2.05) is 66.7 Å². The minimum atomic E-state index is -0.276. The average Bonchev–Trinajstić information content (AvgIpc) is 2.79. The standard InChI is InChI=1S/C28H25FN2O/c1-28(2,3)22-14-10-20(11-15-22)27(32)30-24-7-4-6-21(18-24)26-9-5-8-25(31-26)19-12-16-23(29)17-13-19/h4-18H,1-3H3,(H,30,32). The number of halogens is 1. The highest BCUT2D eigenvalue weighted by atomic mass is 19.1. The Hall–Kier alpha value is -3.79. The molecule has 4 heteroatoms. The molecule has 0 saturated heterocycles. The normalized spacial score (nSPS) is 11.2. The van der Waals surface area contributed by atoms with E-state index in [0.29, 0.717) is 11.3 Å². The van der Waals surface area contributed by atoms with Gasteiger partial charge in [-0.1, -0.05) is 51.1 Å². The highest BCUT2D eigenvalue weighted by Gasteiger charge is 2.14. The Kier molecular flexibility index (Phi) is 5.87. The molecular formula is C28H25FN2O. The van der Waals surface area contributed by atoms with Gasteiger partial charge in [-0.3, -0.25) is 4.79 Å². The van der Waals surface area contributed by atoms with E-state index in [9.17, 15) is 9.18 Å². The fourth-order valence-electron chi connectivity index (χ4n) is 3.46. The number of benzene rings is 3. The number of carbonyl (C=O) groups excluding carboxylic acids is 1. The number of hydrogen-bond donors (Lipinski definition) is 1. The quantitative estimate of drug-likeness (QED) is 0.379. The monoisotopic (exact) mass is 424 g/mol. The van der Waals surface area contributed by atoms with Crippen LogP contribution in [0.2, 0.25) is 0 Å². The average molecular weight is 425 g/mol. The van der Waals surface area contributed by atoms with E-state index < -0.39 is 0 Å². The number of aromatic nitrogens is 1. The maximum absolute atomic E-state index is 13.2. The molecule has 0 fully saturated rings. The van der Waals surface area contributed by atoms with Crippen molar-refractivity contribution in [3.8, 4) is 22.5 Å². The molecule has 1 heterocycles. The van der Waals surface area contributed by atoms with Crippen molar-refractivity contribution in [3.05, 3.63) is 108 Å². The summed E-state index contributed by atoms with van der Waals surface area (Å²) in [5.41, 5.74) is 5.79. The fraction of sp³-hybridized carbons (Fsp3) is 0.143. The molecule has 0 aliphatic rings. The second-order valence-electron chi connectivity index (χ2n) is 8.78. The van der Waals surface area contributed by atoms with Crippen molar-refractivity contribution in [2.24, 2.45) is 0 Å². The summed E-state index contributed by atoms with van der Waals surface area (Å²) in [6, 6.07) is 27.3. The van der Waals surface area contributed by atoms with Crippen molar-refractivity contribution in [3.63, 3.8) is 0 Å². The molecule has 32 heavy (non-hydrogen) atoms. The Balaban J connectivity index is 1.54. The van der Waals surface area contributed by atoms with Gasteiger partial charge >= 0.3 is 0 Å². The summed E-state index contributed by atoms with van der Waals surface area (Å²) in [6.45, 7) is 6.44. The van der Waals surface area contributed by atoms with Crippen molar-refractivity contribution < 1.29 is 9.18 Å². The van der Waals surface area contributed by atoms with Crippen LogP contribution < -0.4 is 5.32 Å². The van der Waals surface area contributed by atoms with E-state index >= 15 is 0 Å². The third-order valence-electron chi connectivity index (χ3n) is 5.32. The highest BCUT2D eigenvalue weighted by Crippen LogP contribution is 2.26. The van der Waals surface area contributed by atoms with E-state index in [4.69, 9.17) is 4.98 Å². The van der Waals surface area contributed by atoms with Gasteiger partial charge in [-0.2, -0.15) is 0 Å². The number of nitrogens with zero attached hydrogens (tertiary/aromatic N) is 1. The molecule has 3 aromatic carbocycles. The van der Waals surface area contributed by atoms with Crippen LogP contribution in [-0.2, 0) is 5.41 Å². The third kappa shape index (κ3) is 4.92. The van der Waals surface area contributed by atoms with Gasteiger partial charge in [-0.05, 0) is 71.6 Å². The number of carbonyl (C=O) groups is 1. The van der Waals surface area contributed by atoms with Crippen LogP contribution in [0, 0.1) is 5.82 Å². The zero-order valence-corrected chi connectivity index (χ0v) is 18.4. The van der Waals surface area contributed by atoms with E-state index in [-0.39, 0.29) is 17.1 Å². The van der Waals surface area contributed by atoms with E-state index in [1.165, 1.54) is 17.7 Å². The molecule has 3 nitrogen and oxygen atoms in total. The molecule has 0 radical (unpaired) electrons. The summed E-state index contributed by atoms with van der Waals surface area (Å²) in [6.07, 6.45) is 0. The summed E-state index contributed by atoms with van der Waals surface area (Å²) in [5.74, 6) is -0.433. The fourth-order valence-corrected chi connectivity index (χ4v) is 3.46. The van der Waals surface area contributed by atoms with Crippen LogP contribution in [0.15, 0.2) is 91.0 Å². The van der Waals surface area contributed by atoms with Gasteiger partial charge in [-0.15, -0.1) is 0 Å². The minimum absolute atomic E-state index is 0.0405. The highest BCUT2D eigenvalue weighted by molar-refractivity contribution is 6.04. The van der Waals surface area contributed by atoms with E-state index in [0.717, 1.165) is 22.5 Å². The van der Waals surface area contributed by atoms with Gasteiger partial charge in [0.2, 0.25) is 0 Å². The maximum atomic E-state index is 13.2. The summed E-state index contributed by atoms with van der Waals surface area (Å²) in [4.78, 5) is 17.5. The molecule has 4 aromatic rings. The van der Waals surface area contributed by atoms with Gasteiger partial charge in [0, 0.05) is 22.4 Å². The van der Waals surface area contributed by atoms with Gasteiger partial charge in [0.15, 0.2) is 0 Å². The molecule has 0 aliphatic heterocycles. The zero-order valence-electron chi connectivity index (χ0n) is 18.4. The third-order valence-corrected chi connectivity index (χ3v) is 5.32. The molecule has 1 amide bonds. The predicted octanol–water partition coefficient (Wildman–Crippen LogP) is 7.10. The lowest BCUT2D eigenvalue weighted by atomic mass is 9.87. The lowest BCUT2D eigenvalue weighted by Gasteiger charge is -2.19. The van der Waals surface area contributed by atoms with Crippen LogP contribution in [0.25, 0.3) is 22.5 Å². The number of amides is 1. The molecule has 0 spiro atoms. The summed E-state index contributed by atoms with van der Waals surface area (Å²) < 4.78 is 13.2. The van der Waals surface area contributed by atoms with Crippen molar-refractivity contribution in [1.82, 2.24) is 4.98 Å². The van der Waals surface area contributed by atoms with E-state index in [2.05, 4.69) is 26.1 Å². The second-order valence-corrected chi connectivity index (χ2v) is 8.78. The Bertz CT molecular complexity index is 1240. The smallest absolute Gasteiger partial charge is 0.255 e. The molecule has 0 bridgehead atoms. The van der Waals surface area contributed by atoms with Crippen molar-refractivity contribution >= 4 is 11.6 Å². The van der Waals surface area contributed by atoms with Crippen molar-refractivity contribution in [2.45, 2.75) is 26.2 Å². The Morgan fingerprint density at radius 2 is 1.41 bits per heavy atom. The Labute approximate surface area is 188 Å². The van der Waals surface area contributed by atoms with Gasteiger partial charge in [0.1, 0.15) is 5.82 Å².